The number of fused-ring (bicyclic) bond motifs is 1. The second-order valence-electron chi connectivity index (χ2n) is 9.85. The molecule has 1 aliphatic carbocycles. The molecule has 0 bridgehead atoms. The van der Waals surface area contributed by atoms with Crippen LogP contribution in [-0.4, -0.2) is 52.1 Å². The van der Waals surface area contributed by atoms with Gasteiger partial charge in [0.05, 0.1) is 0 Å². The summed E-state index contributed by atoms with van der Waals surface area (Å²) in [6, 6.07) is 20.3. The maximum absolute atomic E-state index is 13.1. The van der Waals surface area contributed by atoms with Crippen LogP contribution >= 0.6 is 0 Å². The molecule has 3 heterocycles. The number of carbonyl (C=O) groups excluding carboxylic acids is 1. The SMILES string of the molecule is O=C(C1CCCC1)N1CCCN(c2nc(Cc3ccccc3)nc3onc(-c4ccccc4)c23)CC1. The van der Waals surface area contributed by atoms with Gasteiger partial charge in [-0.05, 0) is 24.8 Å². The second kappa shape index (κ2) is 10.1. The highest BCUT2D eigenvalue weighted by Crippen LogP contribution is 2.35. The Morgan fingerprint density at radius 3 is 2.39 bits per heavy atom. The molecule has 2 aromatic heterocycles. The Bertz CT molecular complexity index is 1330. The van der Waals surface area contributed by atoms with Gasteiger partial charge in [-0.3, -0.25) is 4.79 Å². The fourth-order valence-corrected chi connectivity index (χ4v) is 5.54. The lowest BCUT2D eigenvalue weighted by molar-refractivity contribution is -0.135. The van der Waals surface area contributed by atoms with Crippen molar-refractivity contribution >= 4 is 22.8 Å². The molecule has 1 aliphatic heterocycles. The van der Waals surface area contributed by atoms with E-state index in [1.54, 1.807) is 0 Å². The molecule has 2 fully saturated rings. The van der Waals surface area contributed by atoms with Gasteiger partial charge in [0, 0.05) is 44.1 Å². The summed E-state index contributed by atoms with van der Waals surface area (Å²) in [7, 11) is 0. The first-order valence-corrected chi connectivity index (χ1v) is 13.1. The molecule has 0 atom stereocenters. The van der Waals surface area contributed by atoms with E-state index in [1.807, 2.05) is 48.5 Å². The number of benzene rings is 2. The zero-order chi connectivity index (χ0) is 24.3. The highest BCUT2D eigenvalue weighted by Gasteiger charge is 2.30. The predicted octanol–water partition coefficient (Wildman–Crippen LogP) is 5.10. The number of carbonyl (C=O) groups is 1. The fourth-order valence-electron chi connectivity index (χ4n) is 5.54. The number of rotatable bonds is 5. The molecule has 1 saturated heterocycles. The van der Waals surface area contributed by atoms with Crippen LogP contribution in [0, 0.1) is 5.92 Å². The molecule has 0 unspecified atom stereocenters. The van der Waals surface area contributed by atoms with Crippen LogP contribution in [0.4, 0.5) is 5.82 Å². The molecule has 7 nitrogen and oxygen atoms in total. The molecular weight excluding hydrogens is 450 g/mol. The number of amides is 1. The van der Waals surface area contributed by atoms with Gasteiger partial charge >= 0.3 is 0 Å². The van der Waals surface area contributed by atoms with Gasteiger partial charge in [0.15, 0.2) is 0 Å². The minimum absolute atomic E-state index is 0.211. The normalized spacial score (nSPS) is 17.0. The maximum Gasteiger partial charge on any atom is 0.263 e. The van der Waals surface area contributed by atoms with E-state index >= 15 is 0 Å². The summed E-state index contributed by atoms with van der Waals surface area (Å²) in [4.78, 5) is 27.3. The summed E-state index contributed by atoms with van der Waals surface area (Å²) in [5.74, 6) is 2.10. The Labute approximate surface area is 211 Å². The molecule has 6 rings (SSSR count). The largest absolute Gasteiger partial charge is 0.354 e. The molecule has 2 aliphatic rings. The van der Waals surface area contributed by atoms with Crippen molar-refractivity contribution in [3.63, 3.8) is 0 Å². The van der Waals surface area contributed by atoms with Crippen LogP contribution in [0.25, 0.3) is 22.4 Å². The summed E-state index contributed by atoms with van der Waals surface area (Å²) in [5.41, 5.74) is 3.39. The first kappa shape index (κ1) is 22.7. The van der Waals surface area contributed by atoms with E-state index in [1.165, 1.54) is 12.8 Å². The molecule has 1 amide bonds. The van der Waals surface area contributed by atoms with Crippen LogP contribution in [-0.2, 0) is 11.2 Å². The van der Waals surface area contributed by atoms with Crippen molar-refractivity contribution in [1.29, 1.82) is 0 Å². The highest BCUT2D eigenvalue weighted by molar-refractivity contribution is 5.98. The van der Waals surface area contributed by atoms with Crippen LogP contribution in [0.15, 0.2) is 65.2 Å². The van der Waals surface area contributed by atoms with E-state index in [2.05, 4.69) is 27.1 Å². The molecule has 36 heavy (non-hydrogen) atoms. The smallest absolute Gasteiger partial charge is 0.263 e. The van der Waals surface area contributed by atoms with Crippen LogP contribution in [0.2, 0.25) is 0 Å². The van der Waals surface area contributed by atoms with Crippen molar-refractivity contribution in [3.8, 4) is 11.3 Å². The van der Waals surface area contributed by atoms with Gasteiger partial charge < -0.3 is 14.3 Å². The lowest BCUT2D eigenvalue weighted by atomic mass is 10.1. The zero-order valence-corrected chi connectivity index (χ0v) is 20.5. The second-order valence-corrected chi connectivity index (χ2v) is 9.85. The molecule has 0 radical (unpaired) electrons. The molecule has 1 saturated carbocycles. The van der Waals surface area contributed by atoms with Crippen molar-refractivity contribution in [1.82, 2.24) is 20.0 Å². The van der Waals surface area contributed by atoms with Gasteiger partial charge in [-0.25, -0.2) is 4.98 Å². The van der Waals surface area contributed by atoms with E-state index < -0.39 is 0 Å². The maximum atomic E-state index is 13.1. The zero-order valence-electron chi connectivity index (χ0n) is 20.5. The van der Waals surface area contributed by atoms with Crippen molar-refractivity contribution < 1.29 is 9.32 Å². The minimum atomic E-state index is 0.211. The minimum Gasteiger partial charge on any atom is -0.354 e. The summed E-state index contributed by atoms with van der Waals surface area (Å²) >= 11 is 0. The predicted molar refractivity (Wildman–Crippen MR) is 140 cm³/mol. The van der Waals surface area contributed by atoms with Gasteiger partial charge in [-0.1, -0.05) is 78.7 Å². The third kappa shape index (κ3) is 4.57. The molecule has 0 N–H and O–H groups in total. The van der Waals surface area contributed by atoms with Gasteiger partial charge in [-0.2, -0.15) is 4.98 Å². The average Bonchev–Trinajstić information content (AvgIpc) is 3.54. The fraction of sp³-hybridized carbons (Fsp3) is 0.379. The summed E-state index contributed by atoms with van der Waals surface area (Å²) in [6.07, 6.45) is 5.95. The standard InChI is InChI=1S/C29H31N5O2/c35-29(23-14-7-8-15-23)34-17-9-16-33(18-19-34)27-25-26(22-12-5-2-6-13-22)32-36-28(25)31-24(30-27)20-21-10-3-1-4-11-21/h1-6,10-13,23H,7-9,14-20H2. The molecule has 0 spiro atoms. The Morgan fingerprint density at radius 2 is 1.61 bits per heavy atom. The lowest BCUT2D eigenvalue weighted by Crippen LogP contribution is -2.38. The van der Waals surface area contributed by atoms with Crippen LogP contribution in [0.3, 0.4) is 0 Å². The summed E-state index contributed by atoms with van der Waals surface area (Å²) < 4.78 is 5.78. The molecule has 4 aromatic rings. The van der Waals surface area contributed by atoms with Crippen molar-refractivity contribution in [2.24, 2.45) is 5.92 Å². The monoisotopic (exact) mass is 481 g/mol. The van der Waals surface area contributed by atoms with Gasteiger partial charge in [0.2, 0.25) is 5.91 Å². The van der Waals surface area contributed by atoms with Crippen molar-refractivity contribution in [2.45, 2.75) is 38.5 Å². The molecule has 184 valence electrons. The molecular formula is C29H31N5O2. The summed E-state index contributed by atoms with van der Waals surface area (Å²) in [6.45, 7) is 3.06. The average molecular weight is 482 g/mol. The van der Waals surface area contributed by atoms with Crippen LogP contribution in [0.1, 0.15) is 43.5 Å². The van der Waals surface area contributed by atoms with E-state index in [-0.39, 0.29) is 5.92 Å². The Balaban J connectivity index is 1.36. The number of anilines is 1. The van der Waals surface area contributed by atoms with E-state index in [9.17, 15) is 4.79 Å². The Kier molecular flexibility index (Phi) is 6.36. The number of hydrogen-bond donors (Lipinski definition) is 0. The first-order valence-electron chi connectivity index (χ1n) is 13.1. The van der Waals surface area contributed by atoms with E-state index in [4.69, 9.17) is 14.5 Å². The van der Waals surface area contributed by atoms with Crippen LogP contribution in [0.5, 0.6) is 0 Å². The third-order valence-corrected chi connectivity index (χ3v) is 7.43. The Hall–Kier alpha value is -3.74. The third-order valence-electron chi connectivity index (χ3n) is 7.43. The van der Waals surface area contributed by atoms with Crippen molar-refractivity contribution in [2.75, 3.05) is 31.1 Å². The lowest BCUT2D eigenvalue weighted by Gasteiger charge is -2.25. The van der Waals surface area contributed by atoms with E-state index in [0.717, 1.165) is 66.9 Å². The number of nitrogens with zero attached hydrogens (tertiary/aromatic N) is 5. The van der Waals surface area contributed by atoms with Gasteiger partial charge in [0.25, 0.3) is 5.71 Å². The van der Waals surface area contributed by atoms with E-state index in [0.29, 0.717) is 30.4 Å². The topological polar surface area (TPSA) is 75.4 Å². The van der Waals surface area contributed by atoms with Crippen LogP contribution < -0.4 is 4.90 Å². The Morgan fingerprint density at radius 1 is 0.861 bits per heavy atom. The highest BCUT2D eigenvalue weighted by atomic mass is 16.5. The number of hydrogen-bond acceptors (Lipinski definition) is 6. The summed E-state index contributed by atoms with van der Waals surface area (Å²) in [5, 5.41) is 5.26. The number of aromatic nitrogens is 3. The van der Waals surface area contributed by atoms with Crippen molar-refractivity contribution in [3.05, 3.63) is 72.1 Å². The first-order chi connectivity index (χ1) is 17.8. The molecule has 2 aromatic carbocycles. The van der Waals surface area contributed by atoms with Gasteiger partial charge in [-0.15, -0.1) is 0 Å². The quantitative estimate of drug-likeness (QED) is 0.395. The van der Waals surface area contributed by atoms with Gasteiger partial charge in [0.1, 0.15) is 22.7 Å². The molecule has 7 heteroatoms.